The van der Waals surface area contributed by atoms with Crippen LogP contribution < -0.4 is 9.47 Å². The van der Waals surface area contributed by atoms with E-state index in [1.807, 2.05) is 23.1 Å². The van der Waals surface area contributed by atoms with Crippen LogP contribution in [-0.2, 0) is 29.7 Å². The third-order valence-electron chi connectivity index (χ3n) is 6.88. The molecule has 1 saturated heterocycles. The number of ether oxygens (including phenoxy) is 3. The van der Waals surface area contributed by atoms with Crippen LogP contribution in [0.25, 0.3) is 10.9 Å². The van der Waals surface area contributed by atoms with Crippen LogP contribution in [0, 0.1) is 5.92 Å². The van der Waals surface area contributed by atoms with Gasteiger partial charge in [-0.25, -0.2) is 0 Å². The first-order chi connectivity index (χ1) is 17.5. The van der Waals surface area contributed by atoms with Gasteiger partial charge in [-0.15, -0.1) is 0 Å². The SMILES string of the molecule is CC(C)CN(Cc1ccc2c(c1)OCCCO2)C(=O)C1CN(Cc2cn(C)c3ccccc23)CCO1. The first kappa shape index (κ1) is 24.7. The summed E-state index contributed by atoms with van der Waals surface area (Å²) in [7, 11) is 2.08. The van der Waals surface area contributed by atoms with E-state index in [9.17, 15) is 4.79 Å². The van der Waals surface area contributed by atoms with Gasteiger partial charge in [0.1, 0.15) is 6.10 Å². The van der Waals surface area contributed by atoms with E-state index in [2.05, 4.69) is 60.8 Å². The van der Waals surface area contributed by atoms with Gasteiger partial charge in [0, 0.05) is 63.3 Å². The highest BCUT2D eigenvalue weighted by molar-refractivity contribution is 5.84. The Labute approximate surface area is 213 Å². The summed E-state index contributed by atoms with van der Waals surface area (Å²) in [4.78, 5) is 18.0. The van der Waals surface area contributed by atoms with Gasteiger partial charge in [0.15, 0.2) is 11.5 Å². The van der Waals surface area contributed by atoms with Crippen molar-refractivity contribution in [3.05, 3.63) is 59.8 Å². The fraction of sp³-hybridized carbons (Fsp3) is 0.483. The maximum Gasteiger partial charge on any atom is 0.253 e. The lowest BCUT2D eigenvalue weighted by Crippen LogP contribution is -2.51. The van der Waals surface area contributed by atoms with Gasteiger partial charge in [0.25, 0.3) is 5.91 Å². The lowest BCUT2D eigenvalue weighted by Gasteiger charge is -2.35. The largest absolute Gasteiger partial charge is 0.490 e. The number of amides is 1. The molecule has 0 N–H and O–H groups in total. The Morgan fingerprint density at radius 2 is 1.89 bits per heavy atom. The van der Waals surface area contributed by atoms with Crippen molar-refractivity contribution in [3.8, 4) is 11.5 Å². The molecule has 192 valence electrons. The van der Waals surface area contributed by atoms with Crippen LogP contribution in [0.15, 0.2) is 48.7 Å². The summed E-state index contributed by atoms with van der Waals surface area (Å²) in [5.74, 6) is 1.94. The normalized spacial score (nSPS) is 18.4. The molecule has 1 amide bonds. The van der Waals surface area contributed by atoms with Gasteiger partial charge >= 0.3 is 0 Å². The highest BCUT2D eigenvalue weighted by Gasteiger charge is 2.31. The molecular weight excluding hydrogens is 454 g/mol. The van der Waals surface area contributed by atoms with Crippen molar-refractivity contribution in [1.82, 2.24) is 14.4 Å². The Bertz CT molecular complexity index is 1200. The number of carbonyl (C=O) groups is 1. The van der Waals surface area contributed by atoms with E-state index < -0.39 is 6.10 Å². The van der Waals surface area contributed by atoms with Crippen molar-refractivity contribution in [2.45, 2.75) is 39.5 Å². The van der Waals surface area contributed by atoms with Crippen molar-refractivity contribution < 1.29 is 19.0 Å². The van der Waals surface area contributed by atoms with E-state index in [4.69, 9.17) is 14.2 Å². The number of hydrogen-bond acceptors (Lipinski definition) is 5. The monoisotopic (exact) mass is 491 g/mol. The number of rotatable bonds is 7. The lowest BCUT2D eigenvalue weighted by molar-refractivity contribution is -0.151. The molecule has 1 unspecified atom stereocenters. The number of benzene rings is 2. The second-order valence-electron chi connectivity index (χ2n) is 10.3. The number of fused-ring (bicyclic) bond motifs is 2. The summed E-state index contributed by atoms with van der Waals surface area (Å²) < 4.78 is 19.8. The van der Waals surface area contributed by atoms with Gasteiger partial charge in [-0.3, -0.25) is 9.69 Å². The number of morpholine rings is 1. The highest BCUT2D eigenvalue weighted by atomic mass is 16.5. The van der Waals surface area contributed by atoms with E-state index in [-0.39, 0.29) is 5.91 Å². The molecule has 2 aromatic carbocycles. The summed E-state index contributed by atoms with van der Waals surface area (Å²) in [6.07, 6.45) is 2.61. The quantitative estimate of drug-likeness (QED) is 0.495. The van der Waals surface area contributed by atoms with Crippen LogP contribution in [0.2, 0.25) is 0 Å². The molecule has 0 aliphatic carbocycles. The minimum Gasteiger partial charge on any atom is -0.490 e. The Balaban J connectivity index is 1.29. The van der Waals surface area contributed by atoms with Crippen LogP contribution in [0.3, 0.4) is 0 Å². The van der Waals surface area contributed by atoms with Crippen LogP contribution in [0.1, 0.15) is 31.4 Å². The van der Waals surface area contributed by atoms with Crippen LogP contribution in [0.4, 0.5) is 0 Å². The molecule has 1 atom stereocenters. The van der Waals surface area contributed by atoms with E-state index >= 15 is 0 Å². The molecule has 2 aliphatic rings. The average molecular weight is 492 g/mol. The second kappa shape index (κ2) is 10.9. The van der Waals surface area contributed by atoms with E-state index in [1.54, 1.807) is 0 Å². The number of para-hydroxylation sites is 1. The lowest BCUT2D eigenvalue weighted by atomic mass is 10.1. The predicted molar refractivity (Wildman–Crippen MR) is 140 cm³/mol. The molecular formula is C29H37N3O4. The zero-order valence-corrected chi connectivity index (χ0v) is 21.6. The number of aryl methyl sites for hydroxylation is 1. The van der Waals surface area contributed by atoms with Crippen molar-refractivity contribution in [3.63, 3.8) is 0 Å². The van der Waals surface area contributed by atoms with Gasteiger partial charge in [-0.2, -0.15) is 0 Å². The molecule has 1 aromatic heterocycles. The van der Waals surface area contributed by atoms with Crippen molar-refractivity contribution in [1.29, 1.82) is 0 Å². The molecule has 0 saturated carbocycles. The van der Waals surface area contributed by atoms with Gasteiger partial charge < -0.3 is 23.7 Å². The summed E-state index contributed by atoms with van der Waals surface area (Å²) in [6, 6.07) is 14.5. The van der Waals surface area contributed by atoms with Crippen LogP contribution >= 0.6 is 0 Å². The maximum absolute atomic E-state index is 13.7. The van der Waals surface area contributed by atoms with E-state index in [0.717, 1.165) is 36.6 Å². The van der Waals surface area contributed by atoms with Gasteiger partial charge in [-0.1, -0.05) is 38.1 Å². The Morgan fingerprint density at radius 1 is 1.08 bits per heavy atom. The number of nitrogens with zero attached hydrogens (tertiary/aromatic N) is 3. The van der Waals surface area contributed by atoms with Gasteiger partial charge in [-0.05, 0) is 35.2 Å². The first-order valence-electron chi connectivity index (χ1n) is 13.0. The highest BCUT2D eigenvalue weighted by Crippen LogP contribution is 2.31. The minimum atomic E-state index is -0.465. The van der Waals surface area contributed by atoms with E-state index in [1.165, 1.54) is 16.5 Å². The van der Waals surface area contributed by atoms with Gasteiger partial charge in [0.05, 0.1) is 19.8 Å². The Morgan fingerprint density at radius 3 is 2.72 bits per heavy atom. The van der Waals surface area contributed by atoms with E-state index in [0.29, 0.717) is 45.4 Å². The zero-order chi connectivity index (χ0) is 25.1. The molecule has 36 heavy (non-hydrogen) atoms. The molecule has 2 aliphatic heterocycles. The first-order valence-corrected chi connectivity index (χ1v) is 13.0. The molecule has 0 radical (unpaired) electrons. The second-order valence-corrected chi connectivity index (χ2v) is 10.3. The number of hydrogen-bond donors (Lipinski definition) is 0. The summed E-state index contributed by atoms with van der Waals surface area (Å²) in [5.41, 5.74) is 3.55. The number of aromatic nitrogens is 1. The summed E-state index contributed by atoms with van der Waals surface area (Å²) in [6.45, 7) is 9.57. The molecule has 3 aromatic rings. The maximum atomic E-state index is 13.7. The summed E-state index contributed by atoms with van der Waals surface area (Å²) >= 11 is 0. The standard InChI is InChI=1S/C29H37N3O4/c1-21(2)16-32(17-22-9-10-26-27(15-22)35-13-6-12-34-26)29(33)28-20-31(11-14-36-28)19-23-18-30(3)25-8-5-4-7-24(23)25/h4-5,7-10,15,18,21,28H,6,11-14,16-17,19-20H2,1-3H3. The zero-order valence-electron chi connectivity index (χ0n) is 21.6. The third-order valence-corrected chi connectivity index (χ3v) is 6.88. The smallest absolute Gasteiger partial charge is 0.253 e. The van der Waals surface area contributed by atoms with Gasteiger partial charge in [0.2, 0.25) is 0 Å². The molecule has 7 nitrogen and oxygen atoms in total. The van der Waals surface area contributed by atoms with Crippen molar-refractivity contribution >= 4 is 16.8 Å². The van der Waals surface area contributed by atoms with Crippen molar-refractivity contribution in [2.24, 2.45) is 13.0 Å². The number of carbonyl (C=O) groups excluding carboxylic acids is 1. The fourth-order valence-corrected chi connectivity index (χ4v) is 5.19. The van der Waals surface area contributed by atoms with Crippen molar-refractivity contribution in [2.75, 3.05) is 39.5 Å². The van der Waals surface area contributed by atoms with Crippen LogP contribution in [-0.4, -0.2) is 65.8 Å². The Kier molecular flexibility index (Phi) is 7.48. The topological polar surface area (TPSA) is 56.2 Å². The summed E-state index contributed by atoms with van der Waals surface area (Å²) in [5, 5.41) is 1.27. The third kappa shape index (κ3) is 5.52. The molecule has 5 rings (SSSR count). The fourth-order valence-electron chi connectivity index (χ4n) is 5.19. The minimum absolute atomic E-state index is 0.0541. The molecule has 7 heteroatoms. The average Bonchev–Trinajstić information content (AvgIpc) is 3.03. The predicted octanol–water partition coefficient (Wildman–Crippen LogP) is 4.23. The molecule has 0 bridgehead atoms. The Hall–Kier alpha value is -3.03. The molecule has 3 heterocycles. The molecule has 1 fully saturated rings. The van der Waals surface area contributed by atoms with Crippen LogP contribution in [0.5, 0.6) is 11.5 Å². The molecule has 0 spiro atoms.